The van der Waals surface area contributed by atoms with Gasteiger partial charge in [0.05, 0.1) is 6.10 Å². The average molecular weight is 298 g/mol. The highest BCUT2D eigenvalue weighted by molar-refractivity contribution is 9.10. The second kappa shape index (κ2) is 4.62. The van der Waals surface area contributed by atoms with Gasteiger partial charge >= 0.3 is 0 Å². The van der Waals surface area contributed by atoms with Crippen LogP contribution in [0.15, 0.2) is 22.7 Å². The molecule has 0 amide bonds. The van der Waals surface area contributed by atoms with Crippen LogP contribution < -0.4 is 4.90 Å². The van der Waals surface area contributed by atoms with E-state index in [1.54, 1.807) is 0 Å². The molecule has 0 saturated carbocycles. The summed E-state index contributed by atoms with van der Waals surface area (Å²) in [4.78, 5) is 2.27. The Balaban J connectivity index is 2.17. The van der Waals surface area contributed by atoms with Gasteiger partial charge in [-0.2, -0.15) is 0 Å². The standard InChI is InChI=1S/C14H20BrNO/c1-10-8-11(4-5-12(10)15)16-7-6-14(2,3)13(17)9-16/h4-5,8,13,17H,6-7,9H2,1-3H3. The minimum absolute atomic E-state index is 0.0426. The van der Waals surface area contributed by atoms with Crippen molar-refractivity contribution in [2.45, 2.75) is 33.3 Å². The maximum atomic E-state index is 10.1. The van der Waals surface area contributed by atoms with Crippen molar-refractivity contribution >= 4 is 21.6 Å². The molecule has 0 aliphatic carbocycles. The fourth-order valence-corrected chi connectivity index (χ4v) is 2.44. The lowest BCUT2D eigenvalue weighted by Gasteiger charge is -2.42. The number of nitrogens with zero attached hydrogens (tertiary/aromatic N) is 1. The lowest BCUT2D eigenvalue weighted by molar-refractivity contribution is 0.0351. The Morgan fingerprint density at radius 3 is 2.71 bits per heavy atom. The summed E-state index contributed by atoms with van der Waals surface area (Å²) in [5, 5.41) is 10.1. The molecule has 1 heterocycles. The van der Waals surface area contributed by atoms with Gasteiger partial charge in [-0.25, -0.2) is 0 Å². The van der Waals surface area contributed by atoms with Gasteiger partial charge in [0.2, 0.25) is 0 Å². The monoisotopic (exact) mass is 297 g/mol. The zero-order valence-corrected chi connectivity index (χ0v) is 12.3. The quantitative estimate of drug-likeness (QED) is 0.859. The molecular weight excluding hydrogens is 278 g/mol. The van der Waals surface area contributed by atoms with E-state index in [2.05, 4.69) is 59.8 Å². The summed E-state index contributed by atoms with van der Waals surface area (Å²) in [5.74, 6) is 0. The topological polar surface area (TPSA) is 23.5 Å². The molecule has 1 saturated heterocycles. The van der Waals surface area contributed by atoms with E-state index >= 15 is 0 Å². The predicted octanol–water partition coefficient (Wildman–Crippen LogP) is 3.35. The number of aliphatic hydroxyl groups is 1. The summed E-state index contributed by atoms with van der Waals surface area (Å²) >= 11 is 3.52. The van der Waals surface area contributed by atoms with Crippen LogP contribution in [0.4, 0.5) is 5.69 Å². The van der Waals surface area contributed by atoms with Crippen molar-refractivity contribution < 1.29 is 5.11 Å². The van der Waals surface area contributed by atoms with E-state index in [0.29, 0.717) is 0 Å². The molecule has 94 valence electrons. The molecule has 1 aromatic rings. The lowest BCUT2D eigenvalue weighted by atomic mass is 9.80. The molecule has 0 spiro atoms. The van der Waals surface area contributed by atoms with Crippen molar-refractivity contribution in [3.05, 3.63) is 28.2 Å². The molecule has 0 radical (unpaired) electrons. The van der Waals surface area contributed by atoms with Crippen molar-refractivity contribution in [1.82, 2.24) is 0 Å². The fourth-order valence-electron chi connectivity index (χ4n) is 2.20. The van der Waals surface area contributed by atoms with Crippen LogP contribution in [0.2, 0.25) is 0 Å². The maximum Gasteiger partial charge on any atom is 0.0766 e. The second-order valence-electron chi connectivity index (χ2n) is 5.63. The number of rotatable bonds is 1. The van der Waals surface area contributed by atoms with Crippen LogP contribution >= 0.6 is 15.9 Å². The summed E-state index contributed by atoms with van der Waals surface area (Å²) in [6.45, 7) is 8.13. The van der Waals surface area contributed by atoms with Crippen molar-refractivity contribution in [3.63, 3.8) is 0 Å². The Morgan fingerprint density at radius 1 is 1.41 bits per heavy atom. The second-order valence-corrected chi connectivity index (χ2v) is 6.49. The highest BCUT2D eigenvalue weighted by atomic mass is 79.9. The highest BCUT2D eigenvalue weighted by Gasteiger charge is 2.34. The normalized spacial score (nSPS) is 23.8. The van der Waals surface area contributed by atoms with Crippen molar-refractivity contribution in [2.24, 2.45) is 5.41 Å². The van der Waals surface area contributed by atoms with Gasteiger partial charge in [-0.1, -0.05) is 29.8 Å². The van der Waals surface area contributed by atoms with Crippen molar-refractivity contribution in [1.29, 1.82) is 0 Å². The van der Waals surface area contributed by atoms with Crippen molar-refractivity contribution in [3.8, 4) is 0 Å². The average Bonchev–Trinajstić information content (AvgIpc) is 2.26. The molecule has 2 rings (SSSR count). The molecule has 1 unspecified atom stereocenters. The molecule has 1 aromatic carbocycles. The Morgan fingerprint density at radius 2 is 2.12 bits per heavy atom. The number of aliphatic hydroxyl groups excluding tert-OH is 1. The molecule has 1 aliphatic rings. The first-order valence-corrected chi connectivity index (χ1v) is 6.88. The minimum atomic E-state index is -0.250. The van der Waals surface area contributed by atoms with E-state index < -0.39 is 0 Å². The van der Waals surface area contributed by atoms with Gasteiger partial charge in [-0.3, -0.25) is 0 Å². The largest absolute Gasteiger partial charge is 0.391 e. The van der Waals surface area contributed by atoms with E-state index in [1.807, 2.05) is 0 Å². The Bertz CT molecular complexity index is 417. The molecule has 0 bridgehead atoms. The Kier molecular flexibility index (Phi) is 3.50. The van der Waals surface area contributed by atoms with E-state index in [1.165, 1.54) is 11.3 Å². The van der Waals surface area contributed by atoms with Crippen LogP contribution in [-0.2, 0) is 0 Å². The molecule has 2 nitrogen and oxygen atoms in total. The summed E-state index contributed by atoms with van der Waals surface area (Å²) < 4.78 is 1.14. The van der Waals surface area contributed by atoms with Crippen LogP contribution in [0.5, 0.6) is 0 Å². The number of halogens is 1. The van der Waals surface area contributed by atoms with Gasteiger partial charge in [0, 0.05) is 23.2 Å². The summed E-state index contributed by atoms with van der Waals surface area (Å²) in [6.07, 6.45) is 0.781. The summed E-state index contributed by atoms with van der Waals surface area (Å²) in [5.41, 5.74) is 2.49. The number of benzene rings is 1. The van der Waals surface area contributed by atoms with E-state index in [0.717, 1.165) is 24.0 Å². The van der Waals surface area contributed by atoms with Crippen LogP contribution in [0, 0.1) is 12.3 Å². The van der Waals surface area contributed by atoms with Gasteiger partial charge in [-0.15, -0.1) is 0 Å². The van der Waals surface area contributed by atoms with Gasteiger partial charge in [0.25, 0.3) is 0 Å². The van der Waals surface area contributed by atoms with Gasteiger partial charge < -0.3 is 10.0 Å². The zero-order chi connectivity index (χ0) is 12.6. The highest BCUT2D eigenvalue weighted by Crippen LogP contribution is 2.33. The minimum Gasteiger partial charge on any atom is -0.391 e. The van der Waals surface area contributed by atoms with Gasteiger partial charge in [0.1, 0.15) is 0 Å². The summed E-state index contributed by atoms with van der Waals surface area (Å²) in [7, 11) is 0. The molecule has 1 fully saturated rings. The number of anilines is 1. The van der Waals surface area contributed by atoms with E-state index in [-0.39, 0.29) is 11.5 Å². The van der Waals surface area contributed by atoms with Crippen LogP contribution in [0.25, 0.3) is 0 Å². The first-order chi connectivity index (χ1) is 7.90. The van der Waals surface area contributed by atoms with Crippen LogP contribution in [-0.4, -0.2) is 24.3 Å². The third-order valence-corrected chi connectivity index (χ3v) is 4.72. The molecule has 17 heavy (non-hydrogen) atoms. The van der Waals surface area contributed by atoms with Gasteiger partial charge in [0.15, 0.2) is 0 Å². The Hall–Kier alpha value is -0.540. The van der Waals surface area contributed by atoms with E-state index in [9.17, 15) is 5.11 Å². The number of aryl methyl sites for hydroxylation is 1. The first kappa shape index (κ1) is 12.9. The number of hydrogen-bond donors (Lipinski definition) is 1. The zero-order valence-electron chi connectivity index (χ0n) is 10.7. The number of hydrogen-bond acceptors (Lipinski definition) is 2. The fraction of sp³-hybridized carbons (Fsp3) is 0.571. The van der Waals surface area contributed by atoms with Crippen LogP contribution in [0.1, 0.15) is 25.8 Å². The van der Waals surface area contributed by atoms with E-state index in [4.69, 9.17) is 0 Å². The van der Waals surface area contributed by atoms with Crippen LogP contribution in [0.3, 0.4) is 0 Å². The molecule has 1 atom stereocenters. The maximum absolute atomic E-state index is 10.1. The predicted molar refractivity (Wildman–Crippen MR) is 75.5 cm³/mol. The summed E-state index contributed by atoms with van der Waals surface area (Å²) in [6, 6.07) is 6.37. The first-order valence-electron chi connectivity index (χ1n) is 6.09. The Labute approximate surface area is 112 Å². The molecule has 1 N–H and O–H groups in total. The molecular formula is C14H20BrNO. The smallest absolute Gasteiger partial charge is 0.0766 e. The van der Waals surface area contributed by atoms with Gasteiger partial charge in [-0.05, 0) is 42.5 Å². The number of β-amino-alcohol motifs (C(OH)–C–C–N with tert-alkyl or cyclic N) is 1. The SMILES string of the molecule is Cc1cc(N2CCC(C)(C)C(O)C2)ccc1Br. The third-order valence-electron chi connectivity index (χ3n) is 3.83. The van der Waals surface area contributed by atoms with Crippen molar-refractivity contribution in [2.75, 3.05) is 18.0 Å². The molecule has 3 heteroatoms. The lowest BCUT2D eigenvalue weighted by Crippen LogP contribution is -2.48. The third kappa shape index (κ3) is 2.66. The number of piperidine rings is 1. The molecule has 1 aliphatic heterocycles. The molecule has 0 aromatic heterocycles.